The van der Waals surface area contributed by atoms with E-state index < -0.39 is 0 Å². The molecule has 1 aliphatic rings. The van der Waals surface area contributed by atoms with Crippen molar-refractivity contribution in [1.82, 2.24) is 14.8 Å². The van der Waals surface area contributed by atoms with Gasteiger partial charge >= 0.3 is 0 Å². The molecule has 2 N–H and O–H groups in total. The van der Waals surface area contributed by atoms with E-state index in [2.05, 4.69) is 15.4 Å². The van der Waals surface area contributed by atoms with E-state index in [-0.39, 0.29) is 17.3 Å². The lowest BCUT2D eigenvalue weighted by molar-refractivity contribution is 0.102. The summed E-state index contributed by atoms with van der Waals surface area (Å²) >= 11 is 0. The standard InChI is InChI=1S/C18H18N4O3/c1-22-9-14(18(21-22)25-2)17(24)19-10-6-7-12-11-4-3-5-13(11)16(23)20-15(12)8-10/h6-9H,3-5H2,1-2H3,(H,19,24)(H,20,23). The fourth-order valence-electron chi connectivity index (χ4n) is 3.45. The highest BCUT2D eigenvalue weighted by Gasteiger charge is 2.19. The van der Waals surface area contributed by atoms with E-state index in [1.54, 1.807) is 19.3 Å². The van der Waals surface area contributed by atoms with Crippen molar-refractivity contribution >= 4 is 22.5 Å². The first-order chi connectivity index (χ1) is 12.1. The van der Waals surface area contributed by atoms with Gasteiger partial charge in [-0.05, 0) is 37.0 Å². The number of H-pyrrole nitrogens is 1. The molecule has 1 aliphatic carbocycles. The summed E-state index contributed by atoms with van der Waals surface area (Å²) in [4.78, 5) is 27.6. The molecule has 0 unspecified atom stereocenters. The number of pyridine rings is 1. The first-order valence-corrected chi connectivity index (χ1v) is 8.13. The Hall–Kier alpha value is -3.09. The summed E-state index contributed by atoms with van der Waals surface area (Å²) in [5.41, 5.74) is 3.69. The maximum atomic E-state index is 12.5. The molecule has 2 heterocycles. The van der Waals surface area contributed by atoms with E-state index in [4.69, 9.17) is 4.74 Å². The highest BCUT2D eigenvalue weighted by molar-refractivity contribution is 6.06. The number of aryl methyl sites for hydroxylation is 2. The summed E-state index contributed by atoms with van der Waals surface area (Å²) in [6.07, 6.45) is 4.37. The number of rotatable bonds is 3. The summed E-state index contributed by atoms with van der Waals surface area (Å²) < 4.78 is 6.64. The molecule has 7 nitrogen and oxygen atoms in total. The monoisotopic (exact) mass is 338 g/mol. The van der Waals surface area contributed by atoms with Crippen LogP contribution < -0.4 is 15.6 Å². The maximum Gasteiger partial charge on any atom is 0.262 e. The van der Waals surface area contributed by atoms with Crippen molar-refractivity contribution in [2.45, 2.75) is 19.3 Å². The number of hydrogen-bond acceptors (Lipinski definition) is 4. The predicted molar refractivity (Wildman–Crippen MR) is 94.3 cm³/mol. The van der Waals surface area contributed by atoms with Crippen molar-refractivity contribution in [1.29, 1.82) is 0 Å². The second kappa shape index (κ2) is 5.77. The first-order valence-electron chi connectivity index (χ1n) is 8.13. The molecular formula is C18H18N4O3. The zero-order valence-corrected chi connectivity index (χ0v) is 14.0. The highest BCUT2D eigenvalue weighted by Crippen LogP contribution is 2.28. The molecule has 4 rings (SSSR count). The second-order valence-corrected chi connectivity index (χ2v) is 6.20. The van der Waals surface area contributed by atoms with Gasteiger partial charge < -0.3 is 15.0 Å². The predicted octanol–water partition coefficient (Wildman–Crippen LogP) is 2.01. The average Bonchev–Trinajstić information content (AvgIpc) is 3.21. The first kappa shape index (κ1) is 15.4. The lowest BCUT2D eigenvalue weighted by Crippen LogP contribution is -2.14. The van der Waals surface area contributed by atoms with Gasteiger partial charge in [-0.25, -0.2) is 0 Å². The third kappa shape index (κ3) is 2.57. The summed E-state index contributed by atoms with van der Waals surface area (Å²) in [6.45, 7) is 0. The Labute approximate surface area is 143 Å². The van der Waals surface area contributed by atoms with Gasteiger partial charge in [0.25, 0.3) is 11.5 Å². The van der Waals surface area contributed by atoms with Crippen LogP contribution in [0.5, 0.6) is 5.88 Å². The molecule has 0 fully saturated rings. The van der Waals surface area contributed by atoms with Crippen LogP contribution >= 0.6 is 0 Å². The van der Waals surface area contributed by atoms with Gasteiger partial charge in [0.1, 0.15) is 5.56 Å². The maximum absolute atomic E-state index is 12.5. The molecule has 0 spiro atoms. The Kier molecular flexibility index (Phi) is 3.56. The molecule has 0 atom stereocenters. The van der Waals surface area contributed by atoms with Crippen molar-refractivity contribution in [3.63, 3.8) is 0 Å². The third-order valence-corrected chi connectivity index (χ3v) is 4.58. The number of fused-ring (bicyclic) bond motifs is 3. The minimum absolute atomic E-state index is 0.0302. The Morgan fingerprint density at radius 1 is 1.32 bits per heavy atom. The van der Waals surface area contributed by atoms with Crippen LogP contribution in [0.4, 0.5) is 5.69 Å². The Bertz CT molecular complexity index is 1050. The van der Waals surface area contributed by atoms with Gasteiger partial charge in [0.2, 0.25) is 5.88 Å². The van der Waals surface area contributed by atoms with E-state index in [0.717, 1.165) is 41.3 Å². The molecule has 3 aromatic rings. The fourth-order valence-corrected chi connectivity index (χ4v) is 3.45. The minimum atomic E-state index is -0.312. The summed E-state index contributed by atoms with van der Waals surface area (Å²) in [5.74, 6) is -0.0418. The SMILES string of the molecule is COc1nn(C)cc1C(=O)Nc1ccc2c3c(c(=O)[nH]c2c1)CCC3. The topological polar surface area (TPSA) is 89.0 Å². The number of amides is 1. The van der Waals surface area contributed by atoms with E-state index in [1.807, 2.05) is 12.1 Å². The van der Waals surface area contributed by atoms with Gasteiger partial charge in [0.15, 0.2) is 0 Å². The van der Waals surface area contributed by atoms with Gasteiger partial charge in [-0.15, -0.1) is 5.10 Å². The molecule has 0 radical (unpaired) electrons. The Morgan fingerprint density at radius 3 is 2.92 bits per heavy atom. The van der Waals surface area contributed by atoms with E-state index in [9.17, 15) is 9.59 Å². The molecule has 128 valence electrons. The van der Waals surface area contributed by atoms with Crippen LogP contribution in [0.25, 0.3) is 10.9 Å². The van der Waals surface area contributed by atoms with E-state index in [1.165, 1.54) is 11.8 Å². The largest absolute Gasteiger partial charge is 0.479 e. The number of methoxy groups -OCH3 is 1. The van der Waals surface area contributed by atoms with Crippen LogP contribution in [0.1, 0.15) is 27.9 Å². The van der Waals surface area contributed by atoms with Crippen LogP contribution in [0, 0.1) is 0 Å². The molecule has 1 aromatic carbocycles. The van der Waals surface area contributed by atoms with Gasteiger partial charge in [0, 0.05) is 29.9 Å². The number of aromatic amines is 1. The van der Waals surface area contributed by atoms with E-state index in [0.29, 0.717) is 11.3 Å². The fraction of sp³-hybridized carbons (Fsp3) is 0.278. The molecule has 2 aromatic heterocycles. The summed E-state index contributed by atoms with van der Waals surface area (Å²) in [5, 5.41) is 7.96. The molecule has 0 aliphatic heterocycles. The molecular weight excluding hydrogens is 320 g/mol. The molecule has 25 heavy (non-hydrogen) atoms. The Balaban J connectivity index is 1.69. The number of carbonyl (C=O) groups is 1. The third-order valence-electron chi connectivity index (χ3n) is 4.58. The number of nitrogens with one attached hydrogen (secondary N) is 2. The van der Waals surface area contributed by atoms with Gasteiger partial charge in [-0.2, -0.15) is 0 Å². The Morgan fingerprint density at radius 2 is 2.12 bits per heavy atom. The van der Waals surface area contributed by atoms with Crippen molar-refractivity contribution in [3.8, 4) is 5.88 Å². The normalized spacial score (nSPS) is 13.0. The zero-order valence-electron chi connectivity index (χ0n) is 14.0. The summed E-state index contributed by atoms with van der Waals surface area (Å²) in [7, 11) is 3.20. The number of anilines is 1. The smallest absolute Gasteiger partial charge is 0.262 e. The van der Waals surface area contributed by atoms with Crippen LogP contribution in [0.3, 0.4) is 0 Å². The quantitative estimate of drug-likeness (QED) is 0.764. The van der Waals surface area contributed by atoms with Crippen LogP contribution in [-0.2, 0) is 19.9 Å². The lowest BCUT2D eigenvalue weighted by Gasteiger charge is -2.09. The van der Waals surface area contributed by atoms with Crippen molar-refractivity contribution in [3.05, 3.63) is 51.4 Å². The highest BCUT2D eigenvalue weighted by atomic mass is 16.5. The van der Waals surface area contributed by atoms with Crippen molar-refractivity contribution < 1.29 is 9.53 Å². The van der Waals surface area contributed by atoms with Crippen molar-refractivity contribution in [2.24, 2.45) is 7.05 Å². The minimum Gasteiger partial charge on any atom is -0.479 e. The summed E-state index contributed by atoms with van der Waals surface area (Å²) in [6, 6.07) is 5.58. The zero-order chi connectivity index (χ0) is 17.6. The molecule has 0 bridgehead atoms. The average molecular weight is 338 g/mol. The molecule has 1 amide bonds. The molecule has 7 heteroatoms. The van der Waals surface area contributed by atoms with E-state index >= 15 is 0 Å². The van der Waals surface area contributed by atoms with Crippen LogP contribution in [0.15, 0.2) is 29.2 Å². The van der Waals surface area contributed by atoms with Crippen LogP contribution in [-0.4, -0.2) is 27.8 Å². The number of ether oxygens (including phenoxy) is 1. The van der Waals surface area contributed by atoms with Gasteiger partial charge in [0.05, 0.1) is 12.6 Å². The number of aromatic nitrogens is 3. The van der Waals surface area contributed by atoms with Gasteiger partial charge in [-0.1, -0.05) is 6.07 Å². The van der Waals surface area contributed by atoms with Crippen molar-refractivity contribution in [2.75, 3.05) is 12.4 Å². The molecule has 0 saturated carbocycles. The number of carbonyl (C=O) groups excluding carboxylic acids is 1. The van der Waals surface area contributed by atoms with Crippen LogP contribution in [0.2, 0.25) is 0 Å². The number of nitrogens with zero attached hydrogens (tertiary/aromatic N) is 2. The number of hydrogen-bond donors (Lipinski definition) is 2. The van der Waals surface area contributed by atoms with Gasteiger partial charge in [-0.3, -0.25) is 14.3 Å². The second-order valence-electron chi connectivity index (χ2n) is 6.20. The molecule has 0 saturated heterocycles. The number of benzene rings is 1. The lowest BCUT2D eigenvalue weighted by atomic mass is 10.1.